The smallest absolute Gasteiger partial charge is 0.141 e. The van der Waals surface area contributed by atoms with Crippen molar-refractivity contribution in [2.24, 2.45) is 11.7 Å². The van der Waals surface area contributed by atoms with Gasteiger partial charge < -0.3 is 10.8 Å². The van der Waals surface area contributed by atoms with Gasteiger partial charge in [-0.3, -0.25) is 9.88 Å². The van der Waals surface area contributed by atoms with Crippen LogP contribution >= 0.6 is 0 Å². The molecule has 0 saturated heterocycles. The molecule has 0 aliphatic heterocycles. The summed E-state index contributed by atoms with van der Waals surface area (Å²) < 4.78 is 12.9. The monoisotopic (exact) mass is 295 g/mol. The SMILES string of the molecule is CC(CN(CCO)C1CCCC1)C(N)c1ccc(F)cn1. The minimum absolute atomic E-state index is 0.174. The van der Waals surface area contributed by atoms with Gasteiger partial charge in [0.05, 0.1) is 24.5 Å². The van der Waals surface area contributed by atoms with Crippen LogP contribution in [0.2, 0.25) is 0 Å². The summed E-state index contributed by atoms with van der Waals surface area (Å²) in [5.74, 6) is -0.137. The molecule has 0 radical (unpaired) electrons. The molecule has 1 aliphatic carbocycles. The van der Waals surface area contributed by atoms with Crippen molar-refractivity contribution in [3.63, 3.8) is 0 Å². The van der Waals surface area contributed by atoms with E-state index in [9.17, 15) is 9.50 Å². The summed E-state index contributed by atoms with van der Waals surface area (Å²) in [6, 6.07) is 3.40. The summed E-state index contributed by atoms with van der Waals surface area (Å²) in [4.78, 5) is 6.43. The van der Waals surface area contributed by atoms with Crippen molar-refractivity contribution in [1.82, 2.24) is 9.88 Å². The highest BCUT2D eigenvalue weighted by atomic mass is 19.1. The number of hydrogen-bond donors (Lipinski definition) is 2. The lowest BCUT2D eigenvalue weighted by Gasteiger charge is -2.32. The molecule has 0 spiro atoms. The molecule has 2 unspecified atom stereocenters. The van der Waals surface area contributed by atoms with Crippen LogP contribution in [0.25, 0.3) is 0 Å². The van der Waals surface area contributed by atoms with Gasteiger partial charge in [-0.2, -0.15) is 0 Å². The summed E-state index contributed by atoms with van der Waals surface area (Å²) in [6.45, 7) is 3.80. The zero-order chi connectivity index (χ0) is 15.2. The average Bonchev–Trinajstić information content (AvgIpc) is 3.01. The fraction of sp³-hybridized carbons (Fsp3) is 0.688. The predicted molar refractivity (Wildman–Crippen MR) is 81.2 cm³/mol. The topological polar surface area (TPSA) is 62.4 Å². The summed E-state index contributed by atoms with van der Waals surface area (Å²) in [7, 11) is 0. The maximum atomic E-state index is 12.9. The maximum absolute atomic E-state index is 12.9. The molecular weight excluding hydrogens is 269 g/mol. The number of nitrogens with two attached hydrogens (primary N) is 1. The molecule has 3 N–H and O–H groups in total. The first kappa shape index (κ1) is 16.3. The molecule has 118 valence electrons. The van der Waals surface area contributed by atoms with E-state index < -0.39 is 0 Å². The number of aliphatic hydroxyl groups excluding tert-OH is 1. The van der Waals surface area contributed by atoms with Crippen molar-refractivity contribution in [1.29, 1.82) is 0 Å². The Kier molecular flexibility index (Phi) is 6.08. The van der Waals surface area contributed by atoms with Crippen LogP contribution in [0.1, 0.15) is 44.3 Å². The van der Waals surface area contributed by atoms with Gasteiger partial charge in [0.2, 0.25) is 0 Å². The Morgan fingerprint density at radius 3 is 2.71 bits per heavy atom. The van der Waals surface area contributed by atoms with Crippen molar-refractivity contribution in [3.8, 4) is 0 Å². The first-order valence-electron chi connectivity index (χ1n) is 7.83. The fourth-order valence-electron chi connectivity index (χ4n) is 3.18. The van der Waals surface area contributed by atoms with Crippen LogP contribution in [-0.4, -0.2) is 40.7 Å². The number of pyridine rings is 1. The highest BCUT2D eigenvalue weighted by Crippen LogP contribution is 2.26. The second-order valence-electron chi connectivity index (χ2n) is 6.06. The van der Waals surface area contributed by atoms with E-state index in [1.165, 1.54) is 37.9 Å². The largest absolute Gasteiger partial charge is 0.395 e. The molecule has 1 heterocycles. The lowest BCUT2D eigenvalue weighted by atomic mass is 9.97. The quantitative estimate of drug-likeness (QED) is 0.808. The first-order valence-corrected chi connectivity index (χ1v) is 7.83. The second kappa shape index (κ2) is 7.82. The van der Waals surface area contributed by atoms with E-state index in [0.717, 1.165) is 12.2 Å². The predicted octanol–water partition coefficient (Wildman–Crippen LogP) is 2.09. The van der Waals surface area contributed by atoms with Crippen LogP contribution in [-0.2, 0) is 0 Å². The minimum Gasteiger partial charge on any atom is -0.395 e. The average molecular weight is 295 g/mol. The van der Waals surface area contributed by atoms with E-state index in [2.05, 4.69) is 16.8 Å². The normalized spacial score (nSPS) is 19.1. The molecule has 1 fully saturated rings. The zero-order valence-electron chi connectivity index (χ0n) is 12.7. The van der Waals surface area contributed by atoms with Gasteiger partial charge in [0.15, 0.2) is 0 Å². The fourth-order valence-corrected chi connectivity index (χ4v) is 3.18. The maximum Gasteiger partial charge on any atom is 0.141 e. The van der Waals surface area contributed by atoms with Crippen molar-refractivity contribution in [3.05, 3.63) is 29.8 Å². The lowest BCUT2D eigenvalue weighted by molar-refractivity contribution is 0.128. The highest BCUT2D eigenvalue weighted by molar-refractivity contribution is 5.10. The molecule has 5 heteroatoms. The first-order chi connectivity index (χ1) is 10.1. The molecule has 2 rings (SSSR count). The molecule has 2 atom stereocenters. The van der Waals surface area contributed by atoms with E-state index in [-0.39, 0.29) is 24.4 Å². The second-order valence-corrected chi connectivity index (χ2v) is 6.06. The number of nitrogens with zero attached hydrogens (tertiary/aromatic N) is 2. The van der Waals surface area contributed by atoms with Gasteiger partial charge in [-0.05, 0) is 30.9 Å². The molecule has 1 saturated carbocycles. The molecule has 4 nitrogen and oxygen atoms in total. The summed E-state index contributed by atoms with van der Waals surface area (Å²) in [6.07, 6.45) is 6.16. The number of hydrogen-bond acceptors (Lipinski definition) is 4. The van der Waals surface area contributed by atoms with Crippen molar-refractivity contribution >= 4 is 0 Å². The van der Waals surface area contributed by atoms with Crippen LogP contribution in [0.3, 0.4) is 0 Å². The summed E-state index contributed by atoms with van der Waals surface area (Å²) in [5.41, 5.74) is 6.98. The third-order valence-corrected chi connectivity index (χ3v) is 4.46. The van der Waals surface area contributed by atoms with Gasteiger partial charge in [-0.15, -0.1) is 0 Å². The molecule has 0 amide bonds. The molecule has 1 aromatic heterocycles. The van der Waals surface area contributed by atoms with Crippen molar-refractivity contribution in [2.45, 2.75) is 44.7 Å². The third kappa shape index (κ3) is 4.46. The van der Waals surface area contributed by atoms with Crippen LogP contribution < -0.4 is 5.73 Å². The zero-order valence-corrected chi connectivity index (χ0v) is 12.7. The molecule has 0 aromatic carbocycles. The van der Waals surface area contributed by atoms with E-state index in [1.54, 1.807) is 6.07 Å². The van der Waals surface area contributed by atoms with Gasteiger partial charge in [0.1, 0.15) is 5.82 Å². The van der Waals surface area contributed by atoms with Gasteiger partial charge in [-0.25, -0.2) is 4.39 Å². The van der Waals surface area contributed by atoms with E-state index in [4.69, 9.17) is 5.73 Å². The summed E-state index contributed by atoms with van der Waals surface area (Å²) in [5, 5.41) is 9.27. The van der Waals surface area contributed by atoms with Gasteiger partial charge in [0.25, 0.3) is 0 Å². The number of aliphatic hydroxyl groups is 1. The number of aromatic nitrogens is 1. The lowest BCUT2D eigenvalue weighted by Crippen LogP contribution is -2.41. The van der Waals surface area contributed by atoms with Gasteiger partial charge in [0, 0.05) is 19.1 Å². The molecule has 1 aromatic rings. The van der Waals surface area contributed by atoms with Gasteiger partial charge in [-0.1, -0.05) is 19.8 Å². The number of rotatable bonds is 7. The third-order valence-electron chi connectivity index (χ3n) is 4.46. The van der Waals surface area contributed by atoms with Crippen LogP contribution in [0, 0.1) is 11.7 Å². The van der Waals surface area contributed by atoms with Crippen molar-refractivity contribution in [2.75, 3.05) is 19.7 Å². The Labute approximate surface area is 126 Å². The Morgan fingerprint density at radius 2 is 2.14 bits per heavy atom. The van der Waals surface area contributed by atoms with E-state index in [0.29, 0.717) is 12.6 Å². The Morgan fingerprint density at radius 1 is 1.43 bits per heavy atom. The molecule has 1 aliphatic rings. The van der Waals surface area contributed by atoms with Gasteiger partial charge >= 0.3 is 0 Å². The molecule has 21 heavy (non-hydrogen) atoms. The van der Waals surface area contributed by atoms with Crippen LogP contribution in [0.4, 0.5) is 4.39 Å². The van der Waals surface area contributed by atoms with E-state index >= 15 is 0 Å². The summed E-state index contributed by atoms with van der Waals surface area (Å²) >= 11 is 0. The molecular formula is C16H26FN3O. The molecule has 0 bridgehead atoms. The van der Waals surface area contributed by atoms with Crippen LogP contribution in [0.5, 0.6) is 0 Å². The number of halogens is 1. The Bertz CT molecular complexity index is 420. The van der Waals surface area contributed by atoms with Crippen LogP contribution in [0.15, 0.2) is 18.3 Å². The highest BCUT2D eigenvalue weighted by Gasteiger charge is 2.26. The minimum atomic E-state index is -0.341. The standard InChI is InChI=1S/C16H26FN3O/c1-12(16(18)15-7-6-13(17)10-19-15)11-20(8-9-21)14-4-2-3-5-14/h6-7,10,12,14,16,21H,2-5,8-9,11,18H2,1H3. The Balaban J connectivity index is 1.96. The van der Waals surface area contributed by atoms with E-state index in [1.807, 2.05) is 0 Å². The Hall–Kier alpha value is -1.04. The van der Waals surface area contributed by atoms with Crippen molar-refractivity contribution < 1.29 is 9.50 Å².